The highest BCUT2D eigenvalue weighted by Crippen LogP contribution is 2.34. The molecule has 0 bridgehead atoms. The Morgan fingerprint density at radius 1 is 0.971 bits per heavy atom. The summed E-state index contributed by atoms with van der Waals surface area (Å²) in [5.74, 6) is 1.25. The maximum Gasteiger partial charge on any atom is 0.431 e. The lowest BCUT2D eigenvalue weighted by Crippen LogP contribution is -2.24. The van der Waals surface area contributed by atoms with Gasteiger partial charge in [-0.3, -0.25) is 9.63 Å². The first-order valence-electron chi connectivity index (χ1n) is 11.2. The van der Waals surface area contributed by atoms with Crippen molar-refractivity contribution in [3.05, 3.63) is 65.7 Å². The van der Waals surface area contributed by atoms with E-state index < -0.39 is 6.09 Å². The molecule has 0 aliphatic rings. The van der Waals surface area contributed by atoms with Crippen molar-refractivity contribution in [1.29, 1.82) is 0 Å². The van der Waals surface area contributed by atoms with Gasteiger partial charge in [-0.25, -0.2) is 4.79 Å². The Labute approximate surface area is 205 Å². The first kappa shape index (κ1) is 27.5. The van der Waals surface area contributed by atoms with Crippen molar-refractivity contribution in [3.8, 4) is 17.2 Å². The van der Waals surface area contributed by atoms with Crippen LogP contribution >= 0.6 is 0 Å². The standard InChI is InChI=1S/C26H33NO8/c1-5-13-33-26(29)27-35-18-22-23(30-3)15-21(16-24(22)31-4)32-14-7-6-8-25(28)34-17-20-11-9-19(2)10-12-20/h5,9-12,15-16H,1,6-8,13-14,17-18H2,2-4H3,(H,27,29). The summed E-state index contributed by atoms with van der Waals surface area (Å²) in [5, 5.41) is 0. The number of ether oxygens (including phenoxy) is 5. The number of amides is 1. The van der Waals surface area contributed by atoms with Crippen LogP contribution in [0.4, 0.5) is 4.79 Å². The maximum absolute atomic E-state index is 12.0. The lowest BCUT2D eigenvalue weighted by molar-refractivity contribution is -0.145. The van der Waals surface area contributed by atoms with Crippen molar-refractivity contribution in [2.75, 3.05) is 27.4 Å². The molecule has 0 aliphatic carbocycles. The van der Waals surface area contributed by atoms with Crippen LogP contribution in [0.5, 0.6) is 17.2 Å². The van der Waals surface area contributed by atoms with Crippen molar-refractivity contribution in [2.24, 2.45) is 0 Å². The van der Waals surface area contributed by atoms with Crippen LogP contribution in [0.25, 0.3) is 0 Å². The van der Waals surface area contributed by atoms with Gasteiger partial charge in [0.1, 0.15) is 37.1 Å². The molecule has 1 N–H and O–H groups in total. The van der Waals surface area contributed by atoms with Gasteiger partial charge in [0.05, 0.1) is 26.4 Å². The molecule has 0 radical (unpaired) electrons. The fourth-order valence-electron chi connectivity index (χ4n) is 3.00. The Morgan fingerprint density at radius 3 is 2.29 bits per heavy atom. The molecule has 0 aliphatic heterocycles. The van der Waals surface area contributed by atoms with Gasteiger partial charge in [0.15, 0.2) is 0 Å². The third kappa shape index (κ3) is 9.97. The molecule has 0 unspecified atom stereocenters. The third-order valence-corrected chi connectivity index (χ3v) is 4.85. The normalized spacial score (nSPS) is 10.3. The predicted octanol–water partition coefficient (Wildman–Crippen LogP) is 4.65. The van der Waals surface area contributed by atoms with Gasteiger partial charge >= 0.3 is 12.1 Å². The molecular formula is C26H33NO8. The molecule has 2 aromatic carbocycles. The minimum Gasteiger partial charge on any atom is -0.496 e. The lowest BCUT2D eigenvalue weighted by Gasteiger charge is -2.16. The average Bonchev–Trinajstić information content (AvgIpc) is 2.87. The topological polar surface area (TPSA) is 102 Å². The first-order valence-corrected chi connectivity index (χ1v) is 11.2. The van der Waals surface area contributed by atoms with Crippen LogP contribution < -0.4 is 19.7 Å². The summed E-state index contributed by atoms with van der Waals surface area (Å²) in [6.07, 6.45) is 2.34. The number of unbranched alkanes of at least 4 members (excludes halogenated alkanes) is 1. The van der Waals surface area contributed by atoms with E-state index in [4.69, 9.17) is 28.5 Å². The fraction of sp³-hybridized carbons (Fsp3) is 0.385. The summed E-state index contributed by atoms with van der Waals surface area (Å²) in [5.41, 5.74) is 4.89. The van der Waals surface area contributed by atoms with E-state index in [0.717, 1.165) is 11.1 Å². The number of carbonyl (C=O) groups is 2. The van der Waals surface area contributed by atoms with Gasteiger partial charge in [0.2, 0.25) is 0 Å². The molecule has 2 aromatic rings. The second-order valence-corrected chi connectivity index (χ2v) is 7.54. The Kier molecular flexibility index (Phi) is 12.0. The van der Waals surface area contributed by atoms with Crippen molar-refractivity contribution < 1.29 is 38.1 Å². The third-order valence-electron chi connectivity index (χ3n) is 4.85. The number of rotatable bonds is 15. The van der Waals surface area contributed by atoms with Gasteiger partial charge in [0.25, 0.3) is 0 Å². The van der Waals surface area contributed by atoms with Gasteiger partial charge in [-0.2, -0.15) is 5.48 Å². The van der Waals surface area contributed by atoms with Crippen LogP contribution in [0.15, 0.2) is 49.1 Å². The number of hydroxylamine groups is 1. The monoisotopic (exact) mass is 487 g/mol. The molecule has 0 fully saturated rings. The average molecular weight is 488 g/mol. The molecule has 0 saturated carbocycles. The smallest absolute Gasteiger partial charge is 0.431 e. The molecule has 0 atom stereocenters. The van der Waals surface area contributed by atoms with Gasteiger partial charge < -0.3 is 23.7 Å². The van der Waals surface area contributed by atoms with E-state index in [0.29, 0.717) is 48.7 Å². The molecule has 0 saturated heterocycles. The zero-order chi connectivity index (χ0) is 25.5. The molecular weight excluding hydrogens is 454 g/mol. The number of carbonyl (C=O) groups excluding carboxylic acids is 2. The SMILES string of the molecule is C=CCOC(=O)NOCc1c(OC)cc(OCCCCC(=O)OCc2ccc(C)cc2)cc1OC. The van der Waals surface area contributed by atoms with Gasteiger partial charge in [-0.15, -0.1) is 0 Å². The van der Waals surface area contributed by atoms with E-state index in [2.05, 4.69) is 12.1 Å². The summed E-state index contributed by atoms with van der Waals surface area (Å²) >= 11 is 0. The summed E-state index contributed by atoms with van der Waals surface area (Å²) in [6.45, 7) is 6.21. The highest BCUT2D eigenvalue weighted by molar-refractivity contribution is 5.69. The minimum absolute atomic E-state index is 0.0134. The van der Waals surface area contributed by atoms with Gasteiger partial charge in [-0.05, 0) is 25.3 Å². The molecule has 0 heterocycles. The summed E-state index contributed by atoms with van der Waals surface area (Å²) in [7, 11) is 3.02. The van der Waals surface area contributed by atoms with E-state index >= 15 is 0 Å². The maximum atomic E-state index is 12.0. The molecule has 35 heavy (non-hydrogen) atoms. The molecule has 9 heteroatoms. The highest BCUT2D eigenvalue weighted by atomic mass is 16.7. The quantitative estimate of drug-likeness (QED) is 0.168. The van der Waals surface area contributed by atoms with E-state index in [9.17, 15) is 9.59 Å². The largest absolute Gasteiger partial charge is 0.496 e. The summed E-state index contributed by atoms with van der Waals surface area (Å²) < 4.78 is 26.7. The van der Waals surface area contributed by atoms with Crippen LogP contribution in [0.1, 0.15) is 36.0 Å². The van der Waals surface area contributed by atoms with Gasteiger partial charge in [0, 0.05) is 18.6 Å². The van der Waals surface area contributed by atoms with Crippen LogP contribution in [0, 0.1) is 6.92 Å². The van der Waals surface area contributed by atoms with Crippen LogP contribution in [-0.2, 0) is 32.3 Å². The first-order chi connectivity index (χ1) is 17.0. The molecule has 1 amide bonds. The molecule has 0 aromatic heterocycles. The van der Waals surface area contributed by atoms with E-state index in [1.165, 1.54) is 20.3 Å². The molecule has 2 rings (SSSR count). The number of benzene rings is 2. The van der Waals surface area contributed by atoms with Crippen LogP contribution in [0.2, 0.25) is 0 Å². The van der Waals surface area contributed by atoms with Crippen LogP contribution in [-0.4, -0.2) is 39.5 Å². The number of hydrogen-bond donors (Lipinski definition) is 1. The van der Waals surface area contributed by atoms with Crippen molar-refractivity contribution in [2.45, 2.75) is 39.4 Å². The van der Waals surface area contributed by atoms with Crippen LogP contribution in [0.3, 0.4) is 0 Å². The zero-order valence-corrected chi connectivity index (χ0v) is 20.5. The Bertz CT molecular complexity index is 933. The summed E-state index contributed by atoms with van der Waals surface area (Å²) in [4.78, 5) is 28.6. The molecule has 0 spiro atoms. The molecule has 9 nitrogen and oxygen atoms in total. The number of aryl methyl sites for hydroxylation is 1. The lowest BCUT2D eigenvalue weighted by atomic mass is 10.1. The van der Waals surface area contributed by atoms with E-state index in [1.807, 2.05) is 31.2 Å². The van der Waals surface area contributed by atoms with Crippen molar-refractivity contribution in [3.63, 3.8) is 0 Å². The Balaban J connectivity index is 1.76. The number of hydrogen-bond acceptors (Lipinski definition) is 8. The molecule has 190 valence electrons. The van der Waals surface area contributed by atoms with Crippen molar-refractivity contribution >= 4 is 12.1 Å². The zero-order valence-electron chi connectivity index (χ0n) is 20.5. The second kappa shape index (κ2) is 15.2. The highest BCUT2D eigenvalue weighted by Gasteiger charge is 2.15. The van der Waals surface area contributed by atoms with E-state index in [1.54, 1.807) is 12.1 Å². The summed E-state index contributed by atoms with van der Waals surface area (Å²) in [6, 6.07) is 11.3. The number of methoxy groups -OCH3 is 2. The predicted molar refractivity (Wildman–Crippen MR) is 129 cm³/mol. The van der Waals surface area contributed by atoms with E-state index in [-0.39, 0.29) is 25.8 Å². The van der Waals surface area contributed by atoms with Gasteiger partial charge in [-0.1, -0.05) is 42.5 Å². The second-order valence-electron chi connectivity index (χ2n) is 7.54. The Hall–Kier alpha value is -3.72. The fourth-order valence-corrected chi connectivity index (χ4v) is 3.00. The Morgan fingerprint density at radius 2 is 1.66 bits per heavy atom. The number of nitrogens with one attached hydrogen (secondary N) is 1. The van der Waals surface area contributed by atoms with Crippen molar-refractivity contribution in [1.82, 2.24) is 5.48 Å². The number of esters is 1. The minimum atomic E-state index is -0.734.